The molecule has 0 aromatic carbocycles. The lowest BCUT2D eigenvalue weighted by atomic mass is 10.2. The Labute approximate surface area is 132 Å². The molecule has 124 valence electrons. The second kappa shape index (κ2) is 6.45. The van der Waals surface area contributed by atoms with Crippen molar-refractivity contribution < 1.29 is 4.74 Å². The maximum Gasteiger partial charge on any atom is 0.336 e. The van der Waals surface area contributed by atoms with E-state index in [1.54, 1.807) is 11.6 Å². The molecule has 0 atom stereocenters. The number of likely N-dealkylation sites (N-methyl/N-ethyl adjacent to an activating group) is 1. The molecule has 1 saturated carbocycles. The number of aromatic nitrogens is 5. The van der Waals surface area contributed by atoms with Crippen LogP contribution in [0.1, 0.15) is 31.7 Å². The molecule has 2 aromatic heterocycles. The molecule has 0 unspecified atom stereocenters. The highest BCUT2D eigenvalue weighted by Gasteiger charge is 2.24. The van der Waals surface area contributed by atoms with Crippen molar-refractivity contribution in [2.75, 3.05) is 20.2 Å². The Morgan fingerprint density at radius 3 is 2.70 bits per heavy atom. The zero-order valence-electron chi connectivity index (χ0n) is 13.3. The highest BCUT2D eigenvalue weighted by Crippen LogP contribution is 2.29. The molecular weight excluding hydrogens is 300 g/mol. The minimum atomic E-state index is -0.479. The first-order chi connectivity index (χ1) is 11.1. The quantitative estimate of drug-likeness (QED) is 0.747. The van der Waals surface area contributed by atoms with Gasteiger partial charge in [-0.3, -0.25) is 13.9 Å². The minimum Gasteiger partial charge on any atom is -0.461 e. The van der Waals surface area contributed by atoms with Crippen LogP contribution in [0, 0.1) is 0 Å². The molecule has 2 heterocycles. The van der Waals surface area contributed by atoms with Crippen molar-refractivity contribution in [2.45, 2.75) is 31.7 Å². The fourth-order valence-corrected chi connectivity index (χ4v) is 2.91. The Morgan fingerprint density at radius 1 is 1.26 bits per heavy atom. The molecule has 0 amide bonds. The van der Waals surface area contributed by atoms with Crippen molar-refractivity contribution in [1.29, 1.82) is 0 Å². The van der Waals surface area contributed by atoms with E-state index < -0.39 is 5.56 Å². The molecule has 0 aliphatic heterocycles. The molecule has 9 heteroatoms. The van der Waals surface area contributed by atoms with E-state index in [2.05, 4.69) is 20.5 Å². The van der Waals surface area contributed by atoms with E-state index in [9.17, 15) is 9.59 Å². The highest BCUT2D eigenvalue weighted by molar-refractivity contribution is 5.68. The van der Waals surface area contributed by atoms with Gasteiger partial charge in [-0.05, 0) is 19.9 Å². The molecule has 23 heavy (non-hydrogen) atoms. The summed E-state index contributed by atoms with van der Waals surface area (Å²) in [6, 6.07) is 0.0884. The molecule has 1 fully saturated rings. The summed E-state index contributed by atoms with van der Waals surface area (Å²) in [5.41, 5.74) is -0.485. The third-order valence-corrected chi connectivity index (χ3v) is 4.15. The number of nitrogens with one attached hydrogen (secondary N) is 1. The van der Waals surface area contributed by atoms with Gasteiger partial charge in [0, 0.05) is 19.6 Å². The maximum absolute atomic E-state index is 12.5. The summed E-state index contributed by atoms with van der Waals surface area (Å²) in [7, 11) is 3.26. The van der Waals surface area contributed by atoms with Gasteiger partial charge in [-0.15, -0.1) is 5.10 Å². The number of hydrogen-bond donors (Lipinski definition) is 1. The van der Waals surface area contributed by atoms with Crippen LogP contribution in [0.2, 0.25) is 0 Å². The zero-order valence-corrected chi connectivity index (χ0v) is 13.3. The first-order valence-corrected chi connectivity index (χ1v) is 7.77. The summed E-state index contributed by atoms with van der Waals surface area (Å²) < 4.78 is 7.99. The SMILES string of the molecule is CNCCOc1nnc2c(n1)c(=O)n(C)c(=O)n2C1CCCC1. The van der Waals surface area contributed by atoms with Crippen LogP contribution in [0.15, 0.2) is 9.59 Å². The molecule has 1 aliphatic rings. The van der Waals surface area contributed by atoms with E-state index >= 15 is 0 Å². The second-order valence-corrected chi connectivity index (χ2v) is 5.67. The van der Waals surface area contributed by atoms with Crippen molar-refractivity contribution in [1.82, 2.24) is 29.6 Å². The molecule has 9 nitrogen and oxygen atoms in total. The topological polar surface area (TPSA) is 104 Å². The molecule has 0 radical (unpaired) electrons. The average molecular weight is 320 g/mol. The second-order valence-electron chi connectivity index (χ2n) is 5.67. The number of ether oxygens (including phenoxy) is 1. The first-order valence-electron chi connectivity index (χ1n) is 7.77. The molecule has 1 N–H and O–H groups in total. The molecule has 2 aromatic rings. The lowest BCUT2D eigenvalue weighted by Crippen LogP contribution is -2.40. The average Bonchev–Trinajstić information content (AvgIpc) is 3.08. The summed E-state index contributed by atoms with van der Waals surface area (Å²) in [6.07, 6.45) is 3.92. The fourth-order valence-electron chi connectivity index (χ4n) is 2.91. The first kappa shape index (κ1) is 15.6. The maximum atomic E-state index is 12.5. The van der Waals surface area contributed by atoms with Crippen LogP contribution in [0.5, 0.6) is 6.01 Å². The van der Waals surface area contributed by atoms with Gasteiger partial charge < -0.3 is 10.1 Å². The summed E-state index contributed by atoms with van der Waals surface area (Å²) >= 11 is 0. The van der Waals surface area contributed by atoms with Crippen LogP contribution in [-0.4, -0.2) is 44.5 Å². The van der Waals surface area contributed by atoms with Gasteiger partial charge in [-0.25, -0.2) is 4.79 Å². The fraction of sp³-hybridized carbons (Fsp3) is 0.643. The molecule has 1 aliphatic carbocycles. The standard InChI is InChI=1S/C14H20N6O3/c1-15-7-8-23-13-16-10-11(17-18-13)20(9-5-3-4-6-9)14(22)19(2)12(10)21/h9,15H,3-8H2,1-2H3. The van der Waals surface area contributed by atoms with E-state index in [0.717, 1.165) is 30.3 Å². The predicted molar refractivity (Wildman–Crippen MR) is 83.8 cm³/mol. The van der Waals surface area contributed by atoms with Gasteiger partial charge in [0.2, 0.25) is 0 Å². The van der Waals surface area contributed by atoms with E-state index in [-0.39, 0.29) is 28.9 Å². The van der Waals surface area contributed by atoms with Crippen molar-refractivity contribution >= 4 is 11.2 Å². The lowest BCUT2D eigenvalue weighted by Gasteiger charge is -2.16. The Morgan fingerprint density at radius 2 is 2.00 bits per heavy atom. The third kappa shape index (κ3) is 2.83. The number of rotatable bonds is 5. The summed E-state index contributed by atoms with van der Waals surface area (Å²) in [5.74, 6) is 0. The Balaban J connectivity index is 2.12. The Hall–Kier alpha value is -2.29. The molecular formula is C14H20N6O3. The van der Waals surface area contributed by atoms with E-state index in [1.807, 2.05) is 0 Å². The summed E-state index contributed by atoms with van der Waals surface area (Å²) in [5, 5.41) is 10.9. The van der Waals surface area contributed by atoms with Crippen LogP contribution in [0.4, 0.5) is 0 Å². The molecule has 3 rings (SSSR count). The van der Waals surface area contributed by atoms with Gasteiger partial charge in [0.05, 0.1) is 0 Å². The monoisotopic (exact) mass is 320 g/mol. The van der Waals surface area contributed by atoms with E-state index in [0.29, 0.717) is 13.2 Å². The van der Waals surface area contributed by atoms with Gasteiger partial charge in [0.1, 0.15) is 6.61 Å². The lowest BCUT2D eigenvalue weighted by molar-refractivity contribution is 0.290. The molecule has 0 bridgehead atoms. The number of nitrogens with zero attached hydrogens (tertiary/aromatic N) is 5. The molecule has 0 spiro atoms. The van der Waals surface area contributed by atoms with Gasteiger partial charge in [-0.1, -0.05) is 17.9 Å². The van der Waals surface area contributed by atoms with Crippen molar-refractivity contribution in [3.8, 4) is 6.01 Å². The van der Waals surface area contributed by atoms with Crippen molar-refractivity contribution in [3.05, 3.63) is 20.8 Å². The largest absolute Gasteiger partial charge is 0.461 e. The van der Waals surface area contributed by atoms with E-state index in [1.165, 1.54) is 7.05 Å². The van der Waals surface area contributed by atoms with Crippen LogP contribution < -0.4 is 21.3 Å². The number of fused-ring (bicyclic) bond motifs is 1. The highest BCUT2D eigenvalue weighted by atomic mass is 16.5. The van der Waals surface area contributed by atoms with Crippen molar-refractivity contribution in [3.63, 3.8) is 0 Å². The summed E-state index contributed by atoms with van der Waals surface area (Å²) in [4.78, 5) is 29.0. The third-order valence-electron chi connectivity index (χ3n) is 4.15. The normalized spacial score (nSPS) is 15.4. The van der Waals surface area contributed by atoms with Gasteiger partial charge >= 0.3 is 11.7 Å². The van der Waals surface area contributed by atoms with Crippen LogP contribution >= 0.6 is 0 Å². The molecule has 0 saturated heterocycles. The predicted octanol–water partition coefficient (Wildman–Crippen LogP) is -0.401. The van der Waals surface area contributed by atoms with E-state index in [4.69, 9.17) is 4.74 Å². The van der Waals surface area contributed by atoms with Gasteiger partial charge in [-0.2, -0.15) is 4.98 Å². The summed E-state index contributed by atoms with van der Waals surface area (Å²) in [6.45, 7) is 0.993. The van der Waals surface area contributed by atoms with Gasteiger partial charge in [0.15, 0.2) is 11.2 Å². The van der Waals surface area contributed by atoms with Gasteiger partial charge in [0.25, 0.3) is 5.56 Å². The minimum absolute atomic E-state index is 0.0430. The number of hydrogen-bond acceptors (Lipinski definition) is 7. The van der Waals surface area contributed by atoms with Crippen LogP contribution in [-0.2, 0) is 7.05 Å². The smallest absolute Gasteiger partial charge is 0.336 e. The van der Waals surface area contributed by atoms with Crippen LogP contribution in [0.25, 0.3) is 11.2 Å². The Kier molecular flexibility index (Phi) is 4.37. The van der Waals surface area contributed by atoms with Crippen molar-refractivity contribution in [2.24, 2.45) is 7.05 Å². The van der Waals surface area contributed by atoms with Crippen LogP contribution in [0.3, 0.4) is 0 Å². The Bertz CT molecular complexity index is 822. The zero-order chi connectivity index (χ0) is 16.4.